The smallest absolute Gasteiger partial charge is 0.207 e. The van der Waals surface area contributed by atoms with Gasteiger partial charge in [-0.25, -0.2) is 8.78 Å². The Bertz CT molecular complexity index is 229. The van der Waals surface area contributed by atoms with E-state index in [-0.39, 0.29) is 18.8 Å². The van der Waals surface area contributed by atoms with Gasteiger partial charge < -0.3 is 0 Å². The predicted molar refractivity (Wildman–Crippen MR) is 62.6 cm³/mol. The van der Waals surface area contributed by atoms with E-state index in [0.29, 0.717) is 0 Å². The number of halogens is 2. The van der Waals surface area contributed by atoms with Gasteiger partial charge in [0.1, 0.15) is 0 Å². The van der Waals surface area contributed by atoms with Gasteiger partial charge in [-0.1, -0.05) is 33.1 Å². The monoisotopic (exact) mass is 230 g/mol. The van der Waals surface area contributed by atoms with Crippen molar-refractivity contribution in [3.63, 3.8) is 0 Å². The standard InChI is InChI=1S/C9H16.C5H8F2/c1-7-5-6-8-3-2-4-9(7)8;1-4-2-5(6,7)3-4/h7-9H,2-6H2,1H3;4H,2-3H2,1H3. The molecule has 0 saturated heterocycles. The number of hydrogen-bond donors (Lipinski definition) is 0. The predicted octanol–water partition coefficient (Wildman–Crippen LogP) is 4.88. The lowest BCUT2D eigenvalue weighted by atomic mass is 9.83. The van der Waals surface area contributed by atoms with Crippen LogP contribution in [0, 0.1) is 23.7 Å². The molecule has 0 N–H and O–H groups in total. The molecule has 3 rings (SSSR count). The van der Waals surface area contributed by atoms with Crippen molar-refractivity contribution in [2.45, 2.75) is 64.7 Å². The van der Waals surface area contributed by atoms with Crippen molar-refractivity contribution in [3.8, 4) is 0 Å². The Morgan fingerprint density at radius 2 is 1.62 bits per heavy atom. The SMILES string of the molecule is CC1CC(F)(F)C1.CC1CCC2CCCC12. The minimum absolute atomic E-state index is 0.104. The number of fused-ring (bicyclic) bond motifs is 1. The fourth-order valence-corrected chi connectivity index (χ4v) is 3.82. The maximum absolute atomic E-state index is 11.8. The van der Waals surface area contributed by atoms with Crippen LogP contribution in [0.1, 0.15) is 58.8 Å². The topological polar surface area (TPSA) is 0 Å². The van der Waals surface area contributed by atoms with Crippen LogP contribution in [0.15, 0.2) is 0 Å². The zero-order chi connectivity index (χ0) is 11.8. The zero-order valence-corrected chi connectivity index (χ0v) is 10.5. The minimum atomic E-state index is -2.31. The maximum atomic E-state index is 11.8. The zero-order valence-electron chi connectivity index (χ0n) is 10.5. The molecule has 0 nitrogen and oxygen atoms in total. The molecule has 0 aromatic heterocycles. The lowest BCUT2D eigenvalue weighted by Gasteiger charge is -2.31. The third-order valence-electron chi connectivity index (χ3n) is 4.74. The van der Waals surface area contributed by atoms with Crippen LogP contribution < -0.4 is 0 Å². The molecule has 0 aliphatic heterocycles. The van der Waals surface area contributed by atoms with E-state index in [1.807, 2.05) is 6.92 Å². The second-order valence-electron chi connectivity index (χ2n) is 6.28. The highest BCUT2D eigenvalue weighted by Crippen LogP contribution is 2.47. The first-order chi connectivity index (χ1) is 7.48. The Hall–Kier alpha value is -0.140. The van der Waals surface area contributed by atoms with Gasteiger partial charge in [-0.15, -0.1) is 0 Å². The molecule has 0 radical (unpaired) electrons. The lowest BCUT2D eigenvalue weighted by molar-refractivity contribution is -0.104. The quantitative estimate of drug-likeness (QED) is 0.556. The summed E-state index contributed by atoms with van der Waals surface area (Å²) < 4.78 is 23.6. The molecule has 3 atom stereocenters. The van der Waals surface area contributed by atoms with Crippen molar-refractivity contribution < 1.29 is 8.78 Å². The van der Waals surface area contributed by atoms with Gasteiger partial charge in [0.15, 0.2) is 0 Å². The molecule has 0 aromatic rings. The van der Waals surface area contributed by atoms with Gasteiger partial charge in [-0.2, -0.15) is 0 Å². The molecule has 16 heavy (non-hydrogen) atoms. The molecule has 0 spiro atoms. The molecule has 3 unspecified atom stereocenters. The molecule has 0 bridgehead atoms. The van der Waals surface area contributed by atoms with Crippen LogP contribution in [0.25, 0.3) is 0 Å². The summed E-state index contributed by atoms with van der Waals surface area (Å²) in [6.45, 7) is 4.29. The first kappa shape index (κ1) is 12.3. The highest BCUT2D eigenvalue weighted by molar-refractivity contribution is 4.86. The number of rotatable bonds is 0. The van der Waals surface area contributed by atoms with Crippen molar-refractivity contribution >= 4 is 0 Å². The molecule has 0 aromatic carbocycles. The summed E-state index contributed by atoms with van der Waals surface area (Å²) in [5.74, 6) is 1.32. The van der Waals surface area contributed by atoms with Crippen molar-refractivity contribution in [1.82, 2.24) is 0 Å². The molecule has 94 valence electrons. The van der Waals surface area contributed by atoms with E-state index >= 15 is 0 Å². The van der Waals surface area contributed by atoms with E-state index < -0.39 is 5.92 Å². The fourth-order valence-electron chi connectivity index (χ4n) is 3.82. The summed E-state index contributed by atoms with van der Waals surface area (Å²) in [7, 11) is 0. The van der Waals surface area contributed by atoms with E-state index in [2.05, 4.69) is 6.92 Å². The molecule has 3 aliphatic carbocycles. The third kappa shape index (κ3) is 2.75. The summed E-state index contributed by atoms with van der Waals surface area (Å²) in [6, 6.07) is 0. The van der Waals surface area contributed by atoms with Crippen LogP contribution in [0.3, 0.4) is 0 Å². The first-order valence-corrected chi connectivity index (χ1v) is 6.86. The highest BCUT2D eigenvalue weighted by Gasteiger charge is 2.42. The van der Waals surface area contributed by atoms with Gasteiger partial charge in [0.2, 0.25) is 5.92 Å². The molecular weight excluding hydrogens is 206 g/mol. The third-order valence-corrected chi connectivity index (χ3v) is 4.74. The summed E-state index contributed by atoms with van der Waals surface area (Å²) in [5, 5.41) is 0. The fraction of sp³-hybridized carbons (Fsp3) is 1.00. The van der Waals surface area contributed by atoms with Gasteiger partial charge in [-0.3, -0.25) is 0 Å². The second kappa shape index (κ2) is 4.62. The molecule has 2 heteroatoms. The normalized spacial score (nSPS) is 40.9. The van der Waals surface area contributed by atoms with Crippen molar-refractivity contribution in [2.75, 3.05) is 0 Å². The average molecular weight is 230 g/mol. The van der Waals surface area contributed by atoms with E-state index in [0.717, 1.165) is 17.8 Å². The van der Waals surface area contributed by atoms with E-state index in [9.17, 15) is 8.78 Å². The molecular formula is C14H24F2. The Balaban J connectivity index is 0.000000125. The number of alkyl halides is 2. The first-order valence-electron chi connectivity index (χ1n) is 6.86. The Morgan fingerprint density at radius 3 is 2.06 bits per heavy atom. The van der Waals surface area contributed by atoms with Crippen LogP contribution in [-0.2, 0) is 0 Å². The van der Waals surface area contributed by atoms with Crippen LogP contribution in [0.4, 0.5) is 8.78 Å². The second-order valence-corrected chi connectivity index (χ2v) is 6.28. The largest absolute Gasteiger partial charge is 0.248 e. The van der Waals surface area contributed by atoms with Crippen LogP contribution >= 0.6 is 0 Å². The average Bonchev–Trinajstić information content (AvgIpc) is 2.69. The summed E-state index contributed by atoms with van der Waals surface area (Å²) in [4.78, 5) is 0. The Morgan fingerprint density at radius 1 is 0.938 bits per heavy atom. The van der Waals surface area contributed by atoms with Crippen LogP contribution in [0.2, 0.25) is 0 Å². The van der Waals surface area contributed by atoms with Gasteiger partial charge in [0.25, 0.3) is 0 Å². The van der Waals surface area contributed by atoms with Gasteiger partial charge in [-0.05, 0) is 36.5 Å². The Labute approximate surface area is 97.8 Å². The van der Waals surface area contributed by atoms with E-state index in [4.69, 9.17) is 0 Å². The highest BCUT2D eigenvalue weighted by atomic mass is 19.3. The van der Waals surface area contributed by atoms with E-state index in [1.165, 1.54) is 12.8 Å². The van der Waals surface area contributed by atoms with Crippen molar-refractivity contribution in [1.29, 1.82) is 0 Å². The Kier molecular flexibility index (Phi) is 3.56. The molecule has 3 fully saturated rings. The van der Waals surface area contributed by atoms with Gasteiger partial charge in [0, 0.05) is 12.8 Å². The summed E-state index contributed by atoms with van der Waals surface area (Å²) in [6.07, 6.45) is 7.90. The molecule has 0 heterocycles. The van der Waals surface area contributed by atoms with Crippen molar-refractivity contribution in [3.05, 3.63) is 0 Å². The van der Waals surface area contributed by atoms with Gasteiger partial charge >= 0.3 is 0 Å². The lowest BCUT2D eigenvalue weighted by Crippen LogP contribution is -2.33. The minimum Gasteiger partial charge on any atom is -0.207 e. The van der Waals surface area contributed by atoms with E-state index in [1.54, 1.807) is 19.3 Å². The van der Waals surface area contributed by atoms with Gasteiger partial charge in [0.05, 0.1) is 0 Å². The maximum Gasteiger partial charge on any atom is 0.248 e. The molecule has 3 aliphatic rings. The van der Waals surface area contributed by atoms with Crippen LogP contribution in [0.5, 0.6) is 0 Å². The number of hydrogen-bond acceptors (Lipinski definition) is 0. The summed E-state index contributed by atoms with van der Waals surface area (Å²) in [5.41, 5.74) is 0. The molecule has 0 amide bonds. The van der Waals surface area contributed by atoms with Crippen molar-refractivity contribution in [2.24, 2.45) is 23.7 Å². The summed E-state index contributed by atoms with van der Waals surface area (Å²) >= 11 is 0. The molecule has 3 saturated carbocycles. The van der Waals surface area contributed by atoms with Crippen LogP contribution in [-0.4, -0.2) is 5.92 Å².